The molecule has 4 aliphatic rings. The van der Waals surface area contributed by atoms with Crippen LogP contribution in [-0.2, 0) is 9.53 Å². The highest BCUT2D eigenvalue weighted by Crippen LogP contribution is 2.60. The molecule has 0 atom stereocenters. The standard InChI is InChI=1S/C19H23NO4/c1-11(21)15-5-16(20-9-15)18(23)24-10-17(22)19-6-12-2-13(7-19)4-14(3-12)8-19/h5,9,12-14,20H,2-4,6-8,10H2,1H3. The van der Waals surface area contributed by atoms with Crippen LogP contribution in [0.3, 0.4) is 0 Å². The van der Waals surface area contributed by atoms with Gasteiger partial charge in [-0.15, -0.1) is 0 Å². The van der Waals surface area contributed by atoms with E-state index < -0.39 is 5.97 Å². The molecule has 5 rings (SSSR count). The molecule has 0 aromatic carbocycles. The fourth-order valence-electron chi connectivity index (χ4n) is 5.53. The Bertz CT molecular complexity index is 667. The molecule has 0 amide bonds. The smallest absolute Gasteiger partial charge is 0.355 e. The van der Waals surface area contributed by atoms with Crippen LogP contribution in [0.1, 0.15) is 66.3 Å². The van der Waals surface area contributed by atoms with Crippen molar-refractivity contribution in [3.05, 3.63) is 23.5 Å². The molecule has 0 aliphatic heterocycles. The van der Waals surface area contributed by atoms with Gasteiger partial charge in [0.05, 0.1) is 0 Å². The van der Waals surface area contributed by atoms with E-state index in [9.17, 15) is 14.4 Å². The van der Waals surface area contributed by atoms with Gasteiger partial charge in [0, 0.05) is 17.2 Å². The predicted molar refractivity (Wildman–Crippen MR) is 86.7 cm³/mol. The number of aromatic nitrogens is 1. The molecule has 5 heteroatoms. The molecule has 1 aromatic rings. The van der Waals surface area contributed by atoms with Crippen LogP contribution in [0.15, 0.2) is 12.3 Å². The van der Waals surface area contributed by atoms with Crippen molar-refractivity contribution in [1.29, 1.82) is 0 Å². The summed E-state index contributed by atoms with van der Waals surface area (Å²) in [5, 5.41) is 0. The molecule has 4 bridgehead atoms. The molecule has 0 unspecified atom stereocenters. The van der Waals surface area contributed by atoms with E-state index in [0.29, 0.717) is 23.3 Å². The minimum atomic E-state index is -0.569. The van der Waals surface area contributed by atoms with E-state index in [4.69, 9.17) is 4.74 Å². The minimum absolute atomic E-state index is 0.0910. The number of carbonyl (C=O) groups is 3. The van der Waals surface area contributed by atoms with Gasteiger partial charge in [-0.05, 0) is 69.3 Å². The molecule has 0 spiro atoms. The predicted octanol–water partition coefficient (Wildman–Crippen LogP) is 3.16. The van der Waals surface area contributed by atoms with E-state index in [1.165, 1.54) is 38.4 Å². The summed E-state index contributed by atoms with van der Waals surface area (Å²) in [5.41, 5.74) is 0.419. The third-order valence-electron chi connectivity index (χ3n) is 6.27. The van der Waals surface area contributed by atoms with Crippen molar-refractivity contribution < 1.29 is 19.1 Å². The zero-order valence-electron chi connectivity index (χ0n) is 14.0. The van der Waals surface area contributed by atoms with Gasteiger partial charge in [-0.3, -0.25) is 9.59 Å². The van der Waals surface area contributed by atoms with Gasteiger partial charge >= 0.3 is 5.97 Å². The van der Waals surface area contributed by atoms with Crippen LogP contribution in [0.5, 0.6) is 0 Å². The van der Waals surface area contributed by atoms with Gasteiger partial charge in [0.15, 0.2) is 18.2 Å². The number of H-pyrrole nitrogens is 1. The molecule has 1 heterocycles. The van der Waals surface area contributed by atoms with Crippen LogP contribution < -0.4 is 0 Å². The molecule has 0 saturated heterocycles. The third kappa shape index (κ3) is 2.60. The van der Waals surface area contributed by atoms with Crippen LogP contribution in [0.2, 0.25) is 0 Å². The number of esters is 1. The number of nitrogens with one attached hydrogen (secondary N) is 1. The Kier molecular flexibility index (Phi) is 3.62. The molecular formula is C19H23NO4. The molecule has 0 radical (unpaired) electrons. The van der Waals surface area contributed by atoms with E-state index in [-0.39, 0.29) is 29.3 Å². The lowest BCUT2D eigenvalue weighted by Gasteiger charge is -2.55. The maximum absolute atomic E-state index is 12.8. The third-order valence-corrected chi connectivity index (χ3v) is 6.27. The summed E-state index contributed by atoms with van der Waals surface area (Å²) in [6.07, 6.45) is 8.26. The highest BCUT2D eigenvalue weighted by Gasteiger charge is 2.54. The SMILES string of the molecule is CC(=O)c1c[nH]c(C(=O)OCC(=O)C23CC4CC(CC(C4)C2)C3)c1. The summed E-state index contributed by atoms with van der Waals surface area (Å²) in [6.45, 7) is 1.29. The number of ether oxygens (including phenoxy) is 1. The van der Waals surface area contributed by atoms with Gasteiger partial charge in [0.25, 0.3) is 0 Å². The Morgan fingerprint density at radius 1 is 1.12 bits per heavy atom. The second-order valence-corrected chi connectivity index (χ2v) is 8.06. The Morgan fingerprint density at radius 2 is 1.71 bits per heavy atom. The molecule has 128 valence electrons. The lowest BCUT2D eigenvalue weighted by atomic mass is 9.48. The summed E-state index contributed by atoms with van der Waals surface area (Å²) in [5.74, 6) is 1.48. The van der Waals surface area contributed by atoms with Crippen LogP contribution in [-0.4, -0.2) is 29.1 Å². The first-order valence-corrected chi connectivity index (χ1v) is 8.85. The van der Waals surface area contributed by atoms with Gasteiger partial charge in [0.1, 0.15) is 5.69 Å². The quantitative estimate of drug-likeness (QED) is 0.665. The zero-order valence-corrected chi connectivity index (χ0v) is 14.0. The topological polar surface area (TPSA) is 76.2 Å². The highest BCUT2D eigenvalue weighted by atomic mass is 16.5. The van der Waals surface area contributed by atoms with E-state index in [2.05, 4.69) is 4.98 Å². The molecule has 4 aliphatic carbocycles. The molecular weight excluding hydrogens is 306 g/mol. The average Bonchev–Trinajstić information content (AvgIpc) is 3.01. The van der Waals surface area contributed by atoms with Crippen molar-refractivity contribution in [3.8, 4) is 0 Å². The molecule has 1 N–H and O–H groups in total. The van der Waals surface area contributed by atoms with Gasteiger partial charge in [-0.1, -0.05) is 0 Å². The molecule has 4 saturated carbocycles. The average molecular weight is 329 g/mol. The van der Waals surface area contributed by atoms with E-state index in [0.717, 1.165) is 19.3 Å². The number of rotatable bonds is 5. The number of carbonyl (C=O) groups excluding carboxylic acids is 3. The molecule has 4 fully saturated rings. The molecule has 1 aromatic heterocycles. The van der Waals surface area contributed by atoms with Crippen molar-refractivity contribution in [3.63, 3.8) is 0 Å². The van der Waals surface area contributed by atoms with E-state index in [1.807, 2.05) is 0 Å². The Morgan fingerprint density at radius 3 is 2.21 bits per heavy atom. The van der Waals surface area contributed by atoms with Gasteiger partial charge in [-0.2, -0.15) is 0 Å². The first-order valence-electron chi connectivity index (χ1n) is 8.85. The van der Waals surface area contributed by atoms with Crippen molar-refractivity contribution in [2.45, 2.75) is 45.4 Å². The van der Waals surface area contributed by atoms with Gasteiger partial charge in [-0.25, -0.2) is 4.79 Å². The lowest BCUT2D eigenvalue weighted by molar-refractivity contribution is -0.147. The van der Waals surface area contributed by atoms with Gasteiger partial charge in [0.2, 0.25) is 0 Å². The second kappa shape index (κ2) is 5.57. The van der Waals surface area contributed by atoms with Crippen molar-refractivity contribution >= 4 is 17.5 Å². The summed E-state index contributed by atoms with van der Waals surface area (Å²) in [4.78, 5) is 38.9. The number of hydrogen-bond acceptors (Lipinski definition) is 4. The summed E-state index contributed by atoms with van der Waals surface area (Å²) < 4.78 is 5.24. The van der Waals surface area contributed by atoms with E-state index >= 15 is 0 Å². The van der Waals surface area contributed by atoms with E-state index in [1.54, 1.807) is 0 Å². The highest BCUT2D eigenvalue weighted by molar-refractivity contribution is 5.98. The summed E-state index contributed by atoms with van der Waals surface area (Å²) in [6, 6.07) is 1.47. The van der Waals surface area contributed by atoms with Crippen molar-refractivity contribution in [2.24, 2.45) is 23.2 Å². The summed E-state index contributed by atoms with van der Waals surface area (Å²) in [7, 11) is 0. The maximum atomic E-state index is 12.8. The Balaban J connectivity index is 1.39. The zero-order chi connectivity index (χ0) is 16.9. The Hall–Kier alpha value is -1.91. The monoisotopic (exact) mass is 329 g/mol. The Labute approximate surface area is 141 Å². The summed E-state index contributed by atoms with van der Waals surface area (Å²) >= 11 is 0. The largest absolute Gasteiger partial charge is 0.453 e. The first kappa shape index (κ1) is 15.6. The first-order chi connectivity index (χ1) is 11.4. The number of aromatic amines is 1. The molecule has 24 heavy (non-hydrogen) atoms. The van der Waals surface area contributed by atoms with Gasteiger partial charge < -0.3 is 9.72 Å². The lowest BCUT2D eigenvalue weighted by Crippen LogP contribution is -2.51. The van der Waals surface area contributed by atoms with Crippen LogP contribution >= 0.6 is 0 Å². The normalized spacial score (nSPS) is 33.5. The fourth-order valence-corrected chi connectivity index (χ4v) is 5.53. The van der Waals surface area contributed by atoms with Crippen molar-refractivity contribution in [1.82, 2.24) is 4.98 Å². The van der Waals surface area contributed by atoms with Crippen LogP contribution in [0.25, 0.3) is 0 Å². The maximum Gasteiger partial charge on any atom is 0.355 e. The van der Waals surface area contributed by atoms with Crippen molar-refractivity contribution in [2.75, 3.05) is 6.61 Å². The number of hydrogen-bond donors (Lipinski definition) is 1. The number of Topliss-reactive ketones (excluding diaryl/α,β-unsaturated/α-hetero) is 2. The van der Waals surface area contributed by atoms with Crippen LogP contribution in [0.4, 0.5) is 0 Å². The fraction of sp³-hybridized carbons (Fsp3) is 0.632. The second-order valence-electron chi connectivity index (χ2n) is 8.06. The molecule has 5 nitrogen and oxygen atoms in total. The van der Waals surface area contributed by atoms with Crippen LogP contribution in [0, 0.1) is 23.2 Å². The minimum Gasteiger partial charge on any atom is -0.453 e. The number of ketones is 2.